The van der Waals surface area contributed by atoms with Crippen molar-refractivity contribution < 1.29 is 0 Å². The van der Waals surface area contributed by atoms with E-state index < -0.39 is 0 Å². The van der Waals surface area contributed by atoms with Gasteiger partial charge in [-0.25, -0.2) is 10.7 Å². The Balaban J connectivity index is 3.11. The van der Waals surface area contributed by atoms with Gasteiger partial charge in [-0.2, -0.15) is 0 Å². The Morgan fingerprint density at radius 3 is 3.22 bits per heavy atom. The average Bonchev–Trinajstić information content (AvgIpc) is 2.13. The number of hydrogen-bond acceptors (Lipinski definition) is 2. The highest BCUT2D eigenvalue weighted by molar-refractivity contribution is 5.19. The van der Waals surface area contributed by atoms with E-state index >= 15 is 0 Å². The van der Waals surface area contributed by atoms with E-state index in [1.807, 2.05) is 0 Å². The highest BCUT2D eigenvalue weighted by Crippen LogP contribution is 1.98. The van der Waals surface area contributed by atoms with E-state index in [1.54, 1.807) is 18.3 Å². The summed E-state index contributed by atoms with van der Waals surface area (Å²) in [4.78, 5) is 0. The summed E-state index contributed by atoms with van der Waals surface area (Å²) in [6.07, 6.45) is 1.69. The highest BCUT2D eigenvalue weighted by Gasteiger charge is 1.76. The van der Waals surface area contributed by atoms with Gasteiger partial charge in [0, 0.05) is 6.20 Å². The van der Waals surface area contributed by atoms with Gasteiger partial charge in [-0.1, -0.05) is 0 Å². The second-order valence-electron chi connectivity index (χ2n) is 1.42. The van der Waals surface area contributed by atoms with Crippen molar-refractivity contribution in [3.63, 3.8) is 0 Å². The molecule has 0 aliphatic rings. The lowest BCUT2D eigenvalue weighted by Crippen LogP contribution is -1.73. The van der Waals surface area contributed by atoms with E-state index in [-0.39, 0.29) is 0 Å². The van der Waals surface area contributed by atoms with Crippen LogP contribution in [0.15, 0.2) is 23.4 Å². The van der Waals surface area contributed by atoms with E-state index in [0.717, 1.165) is 0 Å². The molecule has 1 aromatic heterocycles. The number of hydrogen-bond donors (Lipinski definition) is 4. The summed E-state index contributed by atoms with van der Waals surface area (Å²) in [6.45, 7) is 0. The summed E-state index contributed by atoms with van der Waals surface area (Å²) >= 11 is 0. The Bertz CT molecular complexity index is 196. The lowest BCUT2D eigenvalue weighted by Gasteiger charge is -1.79. The standard InChI is InChI=1S/C4H7N5/c5-7-4-2-1-3-6-9-8-4/h1-3,5-6,8-9H. The number of aromatic amines is 3. The SMILES string of the molecule is N=Nc1ccc[nH][nH][nH]1. The Kier molecular flexibility index (Phi) is 1.69. The van der Waals surface area contributed by atoms with Crippen molar-refractivity contribution >= 4 is 5.82 Å². The Morgan fingerprint density at radius 2 is 2.44 bits per heavy atom. The fraction of sp³-hybridized carbons (Fsp3) is 0. The van der Waals surface area contributed by atoms with Gasteiger partial charge in [-0.15, -0.1) is 5.11 Å². The van der Waals surface area contributed by atoms with Gasteiger partial charge in [0.05, 0.1) is 0 Å². The van der Waals surface area contributed by atoms with Crippen LogP contribution in [0, 0.1) is 5.53 Å². The number of rotatable bonds is 1. The molecule has 0 radical (unpaired) electrons. The molecule has 4 N–H and O–H groups in total. The van der Waals surface area contributed by atoms with E-state index in [2.05, 4.69) is 20.5 Å². The van der Waals surface area contributed by atoms with Crippen LogP contribution in [0.3, 0.4) is 0 Å². The quantitative estimate of drug-likeness (QED) is 0.410. The second-order valence-corrected chi connectivity index (χ2v) is 1.42. The minimum atomic E-state index is 0.469. The molecule has 0 aliphatic heterocycles. The van der Waals surface area contributed by atoms with Crippen LogP contribution in [0.2, 0.25) is 0 Å². The number of nitrogens with one attached hydrogen (secondary N) is 4. The molecule has 0 atom stereocenters. The predicted octanol–water partition coefficient (Wildman–Crippen LogP) is 1.46. The summed E-state index contributed by atoms with van der Waals surface area (Å²) < 4.78 is 0. The lowest BCUT2D eigenvalue weighted by atomic mass is 10.6. The van der Waals surface area contributed by atoms with Crippen molar-refractivity contribution in [3.8, 4) is 0 Å². The summed E-state index contributed by atoms with van der Waals surface area (Å²) in [7, 11) is 0. The molecule has 0 bridgehead atoms. The Hall–Kier alpha value is -1.52. The molecule has 1 heterocycles. The van der Waals surface area contributed by atoms with Gasteiger partial charge in [-0.05, 0) is 12.1 Å². The maximum atomic E-state index is 6.59. The van der Waals surface area contributed by atoms with Crippen molar-refractivity contribution in [2.45, 2.75) is 0 Å². The van der Waals surface area contributed by atoms with Crippen LogP contribution in [-0.4, -0.2) is 15.4 Å². The maximum absolute atomic E-state index is 6.59. The molecule has 1 rings (SSSR count). The molecule has 0 aliphatic carbocycles. The van der Waals surface area contributed by atoms with E-state index in [0.29, 0.717) is 5.82 Å². The van der Waals surface area contributed by atoms with Gasteiger partial charge >= 0.3 is 0 Å². The van der Waals surface area contributed by atoms with E-state index in [9.17, 15) is 0 Å². The molecule has 0 aromatic carbocycles. The zero-order chi connectivity index (χ0) is 6.53. The van der Waals surface area contributed by atoms with Crippen molar-refractivity contribution in [1.29, 1.82) is 5.53 Å². The van der Waals surface area contributed by atoms with Crippen LogP contribution in [-0.2, 0) is 0 Å². The van der Waals surface area contributed by atoms with Crippen LogP contribution < -0.4 is 0 Å². The van der Waals surface area contributed by atoms with E-state index in [1.165, 1.54) is 0 Å². The molecule has 0 unspecified atom stereocenters. The molecule has 48 valence electrons. The minimum Gasteiger partial charge on any atom is -0.294 e. The third-order valence-electron chi connectivity index (χ3n) is 0.817. The molecule has 9 heavy (non-hydrogen) atoms. The van der Waals surface area contributed by atoms with Gasteiger partial charge in [0.1, 0.15) is 0 Å². The topological polar surface area (TPSA) is 83.6 Å². The summed E-state index contributed by atoms with van der Waals surface area (Å²) in [5.74, 6) is 0.469. The van der Waals surface area contributed by atoms with Crippen LogP contribution in [0.5, 0.6) is 0 Å². The fourth-order valence-electron chi connectivity index (χ4n) is 0.436. The third kappa shape index (κ3) is 1.45. The first-order chi connectivity index (χ1) is 4.43. The van der Waals surface area contributed by atoms with Gasteiger partial charge < -0.3 is 0 Å². The number of nitrogens with zero attached hydrogens (tertiary/aromatic N) is 1. The van der Waals surface area contributed by atoms with Crippen LogP contribution >= 0.6 is 0 Å². The largest absolute Gasteiger partial charge is 0.294 e. The second kappa shape index (κ2) is 2.71. The maximum Gasteiger partial charge on any atom is 0.167 e. The summed E-state index contributed by atoms with van der Waals surface area (Å²) in [5, 5.41) is 11.0. The van der Waals surface area contributed by atoms with Crippen molar-refractivity contribution in [2.24, 2.45) is 5.11 Å². The first kappa shape index (κ1) is 5.61. The van der Waals surface area contributed by atoms with Crippen molar-refractivity contribution in [2.75, 3.05) is 0 Å². The zero-order valence-electron chi connectivity index (χ0n) is 4.68. The molecular formula is C4H7N5. The third-order valence-corrected chi connectivity index (χ3v) is 0.817. The lowest BCUT2D eigenvalue weighted by molar-refractivity contribution is 0.879. The molecule has 1 aromatic rings. The van der Waals surface area contributed by atoms with E-state index in [4.69, 9.17) is 5.53 Å². The molecule has 5 nitrogen and oxygen atoms in total. The molecule has 0 saturated carbocycles. The summed E-state index contributed by atoms with van der Waals surface area (Å²) in [6, 6.07) is 3.40. The van der Waals surface area contributed by atoms with Gasteiger partial charge in [0.2, 0.25) is 0 Å². The van der Waals surface area contributed by atoms with Crippen molar-refractivity contribution in [1.82, 2.24) is 15.4 Å². The van der Waals surface area contributed by atoms with Gasteiger partial charge in [0.15, 0.2) is 5.82 Å². The monoisotopic (exact) mass is 125 g/mol. The molecule has 0 spiro atoms. The first-order valence-corrected chi connectivity index (χ1v) is 2.44. The van der Waals surface area contributed by atoms with Crippen LogP contribution in [0.4, 0.5) is 5.82 Å². The zero-order valence-corrected chi connectivity index (χ0v) is 4.68. The van der Waals surface area contributed by atoms with Gasteiger partial charge in [-0.3, -0.25) is 10.2 Å². The first-order valence-electron chi connectivity index (χ1n) is 2.44. The number of H-pyrrole nitrogens is 3. The Morgan fingerprint density at radius 1 is 1.56 bits per heavy atom. The molecule has 0 fully saturated rings. The van der Waals surface area contributed by atoms with Crippen LogP contribution in [0.25, 0.3) is 0 Å². The average molecular weight is 125 g/mol. The highest BCUT2D eigenvalue weighted by atomic mass is 15.3. The normalized spacial score (nSPS) is 8.44. The molecule has 0 amide bonds. The molecule has 5 heteroatoms. The predicted molar refractivity (Wildman–Crippen MR) is 31.9 cm³/mol. The Labute approximate surface area is 51.3 Å². The number of aromatic nitrogens is 3. The van der Waals surface area contributed by atoms with Crippen molar-refractivity contribution in [3.05, 3.63) is 18.3 Å². The minimum absolute atomic E-state index is 0.469. The fourth-order valence-corrected chi connectivity index (χ4v) is 0.436. The van der Waals surface area contributed by atoms with Gasteiger partial charge in [0.25, 0.3) is 0 Å². The molecular weight excluding hydrogens is 118 g/mol. The van der Waals surface area contributed by atoms with Crippen LogP contribution in [0.1, 0.15) is 0 Å². The smallest absolute Gasteiger partial charge is 0.167 e. The molecule has 0 saturated heterocycles. The summed E-state index contributed by atoms with van der Waals surface area (Å²) in [5.41, 5.74) is 6.59.